The van der Waals surface area contributed by atoms with Crippen molar-refractivity contribution < 1.29 is 8.42 Å². The van der Waals surface area contributed by atoms with Crippen LogP contribution < -0.4 is 4.72 Å². The predicted octanol–water partition coefficient (Wildman–Crippen LogP) is 3.36. The number of hydrogen-bond acceptors (Lipinski definition) is 3. The summed E-state index contributed by atoms with van der Waals surface area (Å²) in [6.07, 6.45) is 0.802. The number of sulfonamides is 1. The van der Waals surface area contributed by atoms with Gasteiger partial charge in [0.25, 0.3) is 0 Å². The summed E-state index contributed by atoms with van der Waals surface area (Å²) in [7, 11) is -3.40. The zero-order valence-corrected chi connectivity index (χ0v) is 13.6. The van der Waals surface area contributed by atoms with Gasteiger partial charge in [0.05, 0.1) is 8.68 Å². The first-order valence-electron chi connectivity index (χ1n) is 5.18. The molecule has 98 valence electrons. The lowest BCUT2D eigenvalue weighted by atomic mass is 10.1. The Kier molecular flexibility index (Phi) is 5.92. The number of thiophene rings is 1. The smallest absolute Gasteiger partial charge is 0.211 e. The SMILES string of the molecule is Cc1sc(Br)cc1S(=O)(=O)NCC(C)CCCl. The lowest BCUT2D eigenvalue weighted by Gasteiger charge is -2.11. The number of hydrogen-bond donors (Lipinski definition) is 1. The minimum atomic E-state index is -3.40. The normalized spacial score (nSPS) is 13.9. The molecule has 1 unspecified atom stereocenters. The van der Waals surface area contributed by atoms with Gasteiger partial charge in [-0.3, -0.25) is 0 Å². The molecule has 17 heavy (non-hydrogen) atoms. The van der Waals surface area contributed by atoms with E-state index < -0.39 is 10.0 Å². The van der Waals surface area contributed by atoms with E-state index >= 15 is 0 Å². The molecule has 0 aliphatic rings. The van der Waals surface area contributed by atoms with Crippen LogP contribution in [0.5, 0.6) is 0 Å². The third-order valence-electron chi connectivity index (χ3n) is 2.36. The molecule has 0 saturated heterocycles. The van der Waals surface area contributed by atoms with Crippen molar-refractivity contribution in [2.24, 2.45) is 5.92 Å². The Balaban J connectivity index is 2.73. The van der Waals surface area contributed by atoms with Crippen LogP contribution in [0.1, 0.15) is 18.2 Å². The molecule has 0 aliphatic carbocycles. The number of alkyl halides is 1. The molecule has 1 N–H and O–H groups in total. The fourth-order valence-corrected chi connectivity index (χ4v) is 5.27. The predicted molar refractivity (Wildman–Crippen MR) is 76.4 cm³/mol. The number of nitrogens with one attached hydrogen (secondary N) is 1. The molecule has 1 rings (SSSR count). The molecule has 0 spiro atoms. The van der Waals surface area contributed by atoms with Crippen molar-refractivity contribution in [3.05, 3.63) is 14.7 Å². The summed E-state index contributed by atoms with van der Waals surface area (Å²) in [5.74, 6) is 0.788. The summed E-state index contributed by atoms with van der Waals surface area (Å²) in [4.78, 5) is 1.14. The molecule has 1 aromatic heterocycles. The first-order valence-corrected chi connectivity index (χ1v) is 8.81. The van der Waals surface area contributed by atoms with Gasteiger partial charge in [-0.1, -0.05) is 6.92 Å². The average molecular weight is 361 g/mol. The van der Waals surface area contributed by atoms with E-state index in [-0.39, 0.29) is 5.92 Å². The molecule has 0 saturated carbocycles. The van der Waals surface area contributed by atoms with Crippen LogP contribution in [0, 0.1) is 12.8 Å². The highest BCUT2D eigenvalue weighted by Crippen LogP contribution is 2.29. The molecule has 0 radical (unpaired) electrons. The average Bonchev–Trinajstić information content (AvgIpc) is 2.56. The Labute approximate surface area is 120 Å². The van der Waals surface area contributed by atoms with Gasteiger partial charge in [-0.15, -0.1) is 22.9 Å². The van der Waals surface area contributed by atoms with Crippen molar-refractivity contribution in [2.75, 3.05) is 12.4 Å². The Morgan fingerprint density at radius 1 is 1.59 bits per heavy atom. The Morgan fingerprint density at radius 3 is 2.71 bits per heavy atom. The minimum Gasteiger partial charge on any atom is -0.211 e. The molecule has 0 aromatic carbocycles. The molecule has 1 aromatic rings. The molecule has 0 bridgehead atoms. The van der Waals surface area contributed by atoms with Crippen LogP contribution in [0.25, 0.3) is 0 Å². The van der Waals surface area contributed by atoms with Crippen LogP contribution in [0.2, 0.25) is 0 Å². The van der Waals surface area contributed by atoms with Gasteiger partial charge in [-0.2, -0.15) is 0 Å². The maximum atomic E-state index is 12.0. The quantitative estimate of drug-likeness (QED) is 0.791. The van der Waals surface area contributed by atoms with Gasteiger partial charge >= 0.3 is 0 Å². The monoisotopic (exact) mass is 359 g/mol. The molecule has 7 heteroatoms. The Hall–Kier alpha value is 0.380. The fourth-order valence-electron chi connectivity index (χ4n) is 1.32. The fraction of sp³-hybridized carbons (Fsp3) is 0.600. The second kappa shape index (κ2) is 6.52. The van der Waals surface area contributed by atoms with Crippen molar-refractivity contribution in [3.8, 4) is 0 Å². The zero-order valence-electron chi connectivity index (χ0n) is 9.66. The van der Waals surface area contributed by atoms with E-state index in [1.165, 1.54) is 11.3 Å². The highest BCUT2D eigenvalue weighted by molar-refractivity contribution is 9.11. The first-order chi connectivity index (χ1) is 7.86. The zero-order chi connectivity index (χ0) is 13.1. The number of aryl methyl sites for hydroxylation is 1. The van der Waals surface area contributed by atoms with Gasteiger partial charge in [-0.05, 0) is 41.3 Å². The Bertz CT molecular complexity index is 473. The van der Waals surface area contributed by atoms with Gasteiger partial charge in [-0.25, -0.2) is 13.1 Å². The third kappa shape index (κ3) is 4.52. The van der Waals surface area contributed by atoms with Gasteiger partial charge in [0.2, 0.25) is 10.0 Å². The van der Waals surface area contributed by atoms with E-state index in [2.05, 4.69) is 20.7 Å². The molecular formula is C10H15BrClNO2S2. The first kappa shape index (κ1) is 15.4. The van der Waals surface area contributed by atoms with Crippen molar-refractivity contribution in [1.29, 1.82) is 0 Å². The van der Waals surface area contributed by atoms with Crippen molar-refractivity contribution >= 4 is 48.9 Å². The second-order valence-corrected chi connectivity index (χ2v) is 8.65. The second-order valence-electron chi connectivity index (χ2n) is 3.91. The lowest BCUT2D eigenvalue weighted by Crippen LogP contribution is -2.28. The maximum absolute atomic E-state index is 12.0. The molecule has 3 nitrogen and oxygen atoms in total. The molecular weight excluding hydrogens is 346 g/mol. The third-order valence-corrected chi connectivity index (χ3v) is 5.81. The van der Waals surface area contributed by atoms with Gasteiger partial charge in [0.15, 0.2) is 0 Å². The Morgan fingerprint density at radius 2 is 2.24 bits per heavy atom. The summed E-state index contributed by atoms with van der Waals surface area (Å²) in [6, 6.07) is 1.63. The van der Waals surface area contributed by atoms with Crippen LogP contribution in [0.4, 0.5) is 0 Å². The van der Waals surface area contributed by atoms with Crippen LogP contribution in [0.15, 0.2) is 14.7 Å². The van der Waals surface area contributed by atoms with Crippen LogP contribution in [0.3, 0.4) is 0 Å². The van der Waals surface area contributed by atoms with E-state index in [1.807, 2.05) is 6.92 Å². The lowest BCUT2D eigenvalue weighted by molar-refractivity contribution is 0.530. The van der Waals surface area contributed by atoms with Gasteiger partial charge in [0.1, 0.15) is 0 Å². The summed E-state index contributed by atoms with van der Waals surface area (Å²) < 4.78 is 27.5. The number of halogens is 2. The summed E-state index contributed by atoms with van der Waals surface area (Å²) in [6.45, 7) is 4.19. The molecule has 0 aliphatic heterocycles. The van der Waals surface area contributed by atoms with Crippen molar-refractivity contribution in [3.63, 3.8) is 0 Å². The molecule has 0 fully saturated rings. The molecule has 0 amide bonds. The standard InChI is InChI=1S/C10H15BrClNO2S2/c1-7(3-4-12)6-13-17(14,15)9-5-10(11)16-8(9)2/h5,7,13H,3-4,6H2,1-2H3. The van der Waals surface area contributed by atoms with Crippen molar-refractivity contribution in [1.82, 2.24) is 4.72 Å². The van der Waals surface area contributed by atoms with E-state index in [4.69, 9.17) is 11.6 Å². The van der Waals surface area contributed by atoms with E-state index in [9.17, 15) is 8.42 Å². The van der Waals surface area contributed by atoms with Gasteiger partial charge < -0.3 is 0 Å². The van der Waals surface area contributed by atoms with Gasteiger partial charge in [0, 0.05) is 17.3 Å². The van der Waals surface area contributed by atoms with Crippen molar-refractivity contribution in [2.45, 2.75) is 25.2 Å². The largest absolute Gasteiger partial charge is 0.241 e. The highest BCUT2D eigenvalue weighted by Gasteiger charge is 2.19. The summed E-state index contributed by atoms with van der Waals surface area (Å²) in [5, 5.41) is 0. The highest BCUT2D eigenvalue weighted by atomic mass is 79.9. The van der Waals surface area contributed by atoms with E-state index in [0.717, 1.165) is 15.1 Å². The maximum Gasteiger partial charge on any atom is 0.241 e. The summed E-state index contributed by atoms with van der Waals surface area (Å²) >= 11 is 10.3. The topological polar surface area (TPSA) is 46.2 Å². The minimum absolute atomic E-state index is 0.240. The summed E-state index contributed by atoms with van der Waals surface area (Å²) in [5.41, 5.74) is 0. The molecule has 1 atom stereocenters. The van der Waals surface area contributed by atoms with E-state index in [0.29, 0.717) is 17.3 Å². The van der Waals surface area contributed by atoms with Crippen LogP contribution in [-0.2, 0) is 10.0 Å². The number of rotatable bonds is 6. The van der Waals surface area contributed by atoms with E-state index in [1.54, 1.807) is 13.0 Å². The van der Waals surface area contributed by atoms with Crippen LogP contribution in [-0.4, -0.2) is 20.8 Å². The molecule has 1 heterocycles. The van der Waals surface area contributed by atoms with Crippen LogP contribution >= 0.6 is 38.9 Å².